The smallest absolute Gasteiger partial charge is 0.315 e. The highest BCUT2D eigenvalue weighted by Crippen LogP contribution is 2.11. The molecule has 0 saturated carbocycles. The van der Waals surface area contributed by atoms with Crippen molar-refractivity contribution in [1.82, 2.24) is 10.6 Å². The molecule has 0 heterocycles. The van der Waals surface area contributed by atoms with E-state index < -0.39 is 18.0 Å². The summed E-state index contributed by atoms with van der Waals surface area (Å²) < 4.78 is 5.06. The van der Waals surface area contributed by atoms with Gasteiger partial charge in [-0.05, 0) is 30.0 Å². The summed E-state index contributed by atoms with van der Waals surface area (Å²) in [5, 5.41) is 15.9. The molecule has 1 atom stereocenters. The highest BCUT2D eigenvalue weighted by atomic mass is 16.5. The summed E-state index contributed by atoms with van der Waals surface area (Å²) >= 11 is 0. The minimum Gasteiger partial charge on any atom is -0.548 e. The predicted molar refractivity (Wildman–Crippen MR) is 76.9 cm³/mol. The van der Waals surface area contributed by atoms with Gasteiger partial charge in [-0.1, -0.05) is 26.0 Å². The number of carbonyl (C=O) groups is 2. The van der Waals surface area contributed by atoms with Crippen molar-refractivity contribution in [3.63, 3.8) is 0 Å². The summed E-state index contributed by atoms with van der Waals surface area (Å²) in [6, 6.07) is 6.02. The van der Waals surface area contributed by atoms with Crippen molar-refractivity contribution in [3.05, 3.63) is 29.8 Å². The van der Waals surface area contributed by atoms with E-state index in [9.17, 15) is 14.7 Å². The molecule has 0 fully saturated rings. The Morgan fingerprint density at radius 2 is 1.86 bits per heavy atom. The molecule has 6 nitrogen and oxygen atoms in total. The molecule has 0 spiro atoms. The van der Waals surface area contributed by atoms with E-state index in [2.05, 4.69) is 10.6 Å². The number of hydrogen-bond acceptors (Lipinski definition) is 4. The lowest BCUT2D eigenvalue weighted by Gasteiger charge is -2.23. The van der Waals surface area contributed by atoms with Crippen LogP contribution in [0.1, 0.15) is 19.4 Å². The van der Waals surface area contributed by atoms with Crippen molar-refractivity contribution in [2.75, 3.05) is 13.7 Å². The van der Waals surface area contributed by atoms with Gasteiger partial charge < -0.3 is 25.3 Å². The lowest BCUT2D eigenvalue weighted by atomic mass is 10.1. The van der Waals surface area contributed by atoms with Gasteiger partial charge in [-0.3, -0.25) is 0 Å². The number of methoxy groups -OCH3 is 1. The first-order chi connectivity index (χ1) is 9.93. The number of urea groups is 1. The molecule has 2 amide bonds. The lowest BCUT2D eigenvalue weighted by molar-refractivity contribution is -0.309. The van der Waals surface area contributed by atoms with E-state index in [4.69, 9.17) is 4.74 Å². The zero-order valence-electron chi connectivity index (χ0n) is 12.5. The van der Waals surface area contributed by atoms with Crippen LogP contribution >= 0.6 is 0 Å². The van der Waals surface area contributed by atoms with E-state index in [1.54, 1.807) is 21.0 Å². The monoisotopic (exact) mass is 293 g/mol. The summed E-state index contributed by atoms with van der Waals surface area (Å²) in [7, 11) is 1.60. The molecule has 0 saturated heterocycles. The molecule has 21 heavy (non-hydrogen) atoms. The molecule has 1 aromatic rings. The fourth-order valence-corrected chi connectivity index (χ4v) is 1.80. The summed E-state index contributed by atoms with van der Waals surface area (Å²) in [5.41, 5.74) is 1.05. The number of nitrogens with one attached hydrogen (secondary N) is 2. The Morgan fingerprint density at radius 1 is 1.24 bits per heavy atom. The van der Waals surface area contributed by atoms with Gasteiger partial charge in [0, 0.05) is 6.54 Å². The molecule has 0 radical (unpaired) electrons. The van der Waals surface area contributed by atoms with Gasteiger partial charge in [0.2, 0.25) is 0 Å². The van der Waals surface area contributed by atoms with E-state index >= 15 is 0 Å². The third-order valence-corrected chi connectivity index (χ3v) is 3.07. The Labute approximate surface area is 124 Å². The van der Waals surface area contributed by atoms with E-state index in [1.807, 2.05) is 24.3 Å². The molecule has 0 aliphatic heterocycles. The zero-order chi connectivity index (χ0) is 15.8. The van der Waals surface area contributed by atoms with E-state index in [0.29, 0.717) is 13.0 Å². The topological polar surface area (TPSA) is 90.5 Å². The number of rotatable bonds is 7. The molecule has 0 aliphatic carbocycles. The van der Waals surface area contributed by atoms with Crippen molar-refractivity contribution in [1.29, 1.82) is 0 Å². The normalized spacial score (nSPS) is 11.8. The standard InChI is InChI=1S/C15H22N2O4/c1-10(2)13(14(18)19)17-15(20)16-9-8-11-4-6-12(21-3)7-5-11/h4-7,10,13H,8-9H2,1-3H3,(H,18,19)(H2,16,17,20)/p-1/t13-/m0/s1. The average Bonchev–Trinajstić information content (AvgIpc) is 2.45. The summed E-state index contributed by atoms with van der Waals surface area (Å²) in [6.07, 6.45) is 0.648. The molecule has 0 unspecified atom stereocenters. The SMILES string of the molecule is COc1ccc(CCNC(=O)N[C@H](C(=O)[O-])C(C)C)cc1. The molecule has 0 aromatic heterocycles. The maximum atomic E-state index is 11.6. The second kappa shape index (κ2) is 8.14. The summed E-state index contributed by atoms with van der Waals surface area (Å²) in [4.78, 5) is 22.5. The highest BCUT2D eigenvalue weighted by Gasteiger charge is 2.16. The van der Waals surface area contributed by atoms with E-state index in [0.717, 1.165) is 11.3 Å². The van der Waals surface area contributed by atoms with Crippen LogP contribution in [-0.2, 0) is 11.2 Å². The van der Waals surface area contributed by atoms with Gasteiger partial charge in [-0.25, -0.2) is 4.79 Å². The highest BCUT2D eigenvalue weighted by molar-refractivity contribution is 5.81. The second-order valence-corrected chi connectivity index (χ2v) is 5.04. The minimum atomic E-state index is -1.28. The number of hydrogen-bond donors (Lipinski definition) is 2. The third kappa shape index (κ3) is 5.72. The van der Waals surface area contributed by atoms with Crippen LogP contribution in [0.15, 0.2) is 24.3 Å². The Kier molecular flexibility index (Phi) is 6.52. The van der Waals surface area contributed by atoms with Gasteiger partial charge in [-0.15, -0.1) is 0 Å². The first-order valence-electron chi connectivity index (χ1n) is 6.82. The Balaban J connectivity index is 2.37. The van der Waals surface area contributed by atoms with Crippen molar-refractivity contribution in [2.45, 2.75) is 26.3 Å². The van der Waals surface area contributed by atoms with Crippen LogP contribution in [0.5, 0.6) is 5.75 Å². The number of carbonyl (C=O) groups excluding carboxylic acids is 2. The molecule has 2 N–H and O–H groups in total. The van der Waals surface area contributed by atoms with Crippen LogP contribution in [0.3, 0.4) is 0 Å². The number of carboxylic acids is 1. The van der Waals surface area contributed by atoms with Crippen molar-refractivity contribution in [3.8, 4) is 5.75 Å². The fraction of sp³-hybridized carbons (Fsp3) is 0.467. The van der Waals surface area contributed by atoms with Crippen molar-refractivity contribution >= 4 is 12.0 Å². The van der Waals surface area contributed by atoms with Gasteiger partial charge >= 0.3 is 6.03 Å². The first kappa shape index (κ1) is 16.8. The molecular weight excluding hydrogens is 272 g/mol. The van der Waals surface area contributed by atoms with E-state index in [1.165, 1.54) is 0 Å². The second-order valence-electron chi connectivity index (χ2n) is 5.04. The number of benzene rings is 1. The van der Waals surface area contributed by atoms with Crippen LogP contribution in [-0.4, -0.2) is 31.7 Å². The Bertz CT molecular complexity index is 471. The van der Waals surface area contributed by atoms with E-state index in [-0.39, 0.29) is 5.92 Å². The molecule has 116 valence electrons. The van der Waals surface area contributed by atoms with Gasteiger partial charge in [-0.2, -0.15) is 0 Å². The lowest BCUT2D eigenvalue weighted by Crippen LogP contribution is -2.53. The maximum absolute atomic E-state index is 11.6. The molecule has 0 bridgehead atoms. The number of carboxylic acid groups (broad SMARTS) is 1. The minimum absolute atomic E-state index is 0.234. The molecule has 1 rings (SSSR count). The van der Waals surface area contributed by atoms with Crippen LogP contribution < -0.4 is 20.5 Å². The third-order valence-electron chi connectivity index (χ3n) is 3.07. The Morgan fingerprint density at radius 3 is 2.33 bits per heavy atom. The van der Waals surface area contributed by atoms with Gasteiger partial charge in [0.15, 0.2) is 0 Å². The van der Waals surface area contributed by atoms with Crippen LogP contribution in [0.25, 0.3) is 0 Å². The molecule has 0 aliphatic rings. The van der Waals surface area contributed by atoms with Crippen LogP contribution in [0, 0.1) is 5.92 Å². The fourth-order valence-electron chi connectivity index (χ4n) is 1.80. The first-order valence-corrected chi connectivity index (χ1v) is 6.82. The van der Waals surface area contributed by atoms with Crippen LogP contribution in [0.4, 0.5) is 4.79 Å². The van der Waals surface area contributed by atoms with Crippen LogP contribution in [0.2, 0.25) is 0 Å². The molecule has 6 heteroatoms. The predicted octanol–water partition coefficient (Wildman–Crippen LogP) is 0.311. The Hall–Kier alpha value is -2.24. The molecule has 1 aromatic carbocycles. The quantitative estimate of drug-likeness (QED) is 0.757. The van der Waals surface area contributed by atoms with Crippen molar-refractivity contribution in [2.24, 2.45) is 5.92 Å². The van der Waals surface area contributed by atoms with Gasteiger partial charge in [0.05, 0.1) is 19.1 Å². The number of ether oxygens (including phenoxy) is 1. The number of aliphatic carboxylic acids is 1. The molecular formula is C15H21N2O4-. The average molecular weight is 293 g/mol. The van der Waals surface area contributed by atoms with Gasteiger partial charge in [0.25, 0.3) is 0 Å². The largest absolute Gasteiger partial charge is 0.548 e. The zero-order valence-corrected chi connectivity index (χ0v) is 12.5. The summed E-state index contributed by atoms with van der Waals surface area (Å²) in [6.45, 7) is 3.83. The maximum Gasteiger partial charge on any atom is 0.315 e. The number of amides is 2. The van der Waals surface area contributed by atoms with Gasteiger partial charge in [0.1, 0.15) is 5.75 Å². The van der Waals surface area contributed by atoms with Crippen molar-refractivity contribution < 1.29 is 19.4 Å². The summed E-state index contributed by atoms with van der Waals surface area (Å²) in [5.74, 6) is -0.740.